The highest BCUT2D eigenvalue weighted by molar-refractivity contribution is 6.40. The van der Waals surface area contributed by atoms with Crippen LogP contribution < -0.4 is 16.4 Å². The van der Waals surface area contributed by atoms with Crippen LogP contribution in [0.1, 0.15) is 6.42 Å². The Kier molecular flexibility index (Phi) is 6.11. The molecular weight excluding hydrogens is 270 g/mol. The molecule has 0 unspecified atom stereocenters. The summed E-state index contributed by atoms with van der Waals surface area (Å²) in [6, 6.07) is 4.60. The topological polar surface area (TPSA) is 93.4 Å². The number of nitrogen functional groups attached to an aromatic ring is 1. The van der Waals surface area contributed by atoms with E-state index in [2.05, 4.69) is 10.6 Å². The summed E-state index contributed by atoms with van der Waals surface area (Å²) in [5, 5.41) is 5.22. The zero-order valence-electron chi connectivity index (χ0n) is 10.5. The number of carbonyl (C=O) groups excluding carboxylic acids is 2. The molecule has 7 heteroatoms. The summed E-state index contributed by atoms with van der Waals surface area (Å²) in [6.07, 6.45) is 0.642. The fourth-order valence-corrected chi connectivity index (χ4v) is 1.47. The van der Waals surface area contributed by atoms with E-state index in [0.29, 0.717) is 36.0 Å². The molecule has 0 spiro atoms. The molecule has 2 amide bonds. The van der Waals surface area contributed by atoms with Gasteiger partial charge in [0.2, 0.25) is 0 Å². The number of halogens is 1. The fourth-order valence-electron chi connectivity index (χ4n) is 1.29. The van der Waals surface area contributed by atoms with Gasteiger partial charge in [0.1, 0.15) is 0 Å². The molecule has 0 aliphatic heterocycles. The van der Waals surface area contributed by atoms with Crippen LogP contribution in [0.3, 0.4) is 0 Å². The Morgan fingerprint density at radius 2 is 2.11 bits per heavy atom. The van der Waals surface area contributed by atoms with E-state index in [-0.39, 0.29) is 0 Å². The van der Waals surface area contributed by atoms with E-state index in [4.69, 9.17) is 22.1 Å². The minimum atomic E-state index is -0.752. The average molecular weight is 286 g/mol. The third kappa shape index (κ3) is 5.15. The molecule has 0 saturated heterocycles. The second-order valence-electron chi connectivity index (χ2n) is 3.79. The molecule has 0 heterocycles. The van der Waals surface area contributed by atoms with E-state index >= 15 is 0 Å². The molecule has 0 aromatic heterocycles. The maximum absolute atomic E-state index is 11.5. The summed E-state index contributed by atoms with van der Waals surface area (Å²) in [6.45, 7) is 0.901. The van der Waals surface area contributed by atoms with Gasteiger partial charge in [-0.25, -0.2) is 0 Å². The number of anilines is 2. The van der Waals surface area contributed by atoms with Gasteiger partial charge in [0.25, 0.3) is 0 Å². The van der Waals surface area contributed by atoms with Crippen molar-refractivity contribution in [3.05, 3.63) is 23.2 Å². The first-order chi connectivity index (χ1) is 9.04. The molecule has 0 aliphatic rings. The van der Waals surface area contributed by atoms with Gasteiger partial charge >= 0.3 is 11.8 Å². The zero-order chi connectivity index (χ0) is 14.3. The van der Waals surface area contributed by atoms with Crippen molar-refractivity contribution in [2.75, 3.05) is 31.3 Å². The van der Waals surface area contributed by atoms with E-state index in [1.54, 1.807) is 19.2 Å². The van der Waals surface area contributed by atoms with Crippen molar-refractivity contribution in [3.63, 3.8) is 0 Å². The number of methoxy groups -OCH3 is 1. The van der Waals surface area contributed by atoms with Crippen molar-refractivity contribution < 1.29 is 14.3 Å². The van der Waals surface area contributed by atoms with Gasteiger partial charge < -0.3 is 21.1 Å². The van der Waals surface area contributed by atoms with Gasteiger partial charge in [0, 0.05) is 25.9 Å². The second-order valence-corrected chi connectivity index (χ2v) is 4.20. The second kappa shape index (κ2) is 7.60. The molecule has 0 bridgehead atoms. The molecule has 0 saturated carbocycles. The van der Waals surface area contributed by atoms with Crippen LogP contribution >= 0.6 is 11.6 Å². The van der Waals surface area contributed by atoms with E-state index in [9.17, 15) is 9.59 Å². The van der Waals surface area contributed by atoms with Gasteiger partial charge in [-0.15, -0.1) is 0 Å². The Bertz CT molecular complexity index is 466. The Hall–Kier alpha value is -1.79. The molecule has 1 aromatic carbocycles. The number of hydrogen-bond donors (Lipinski definition) is 3. The lowest BCUT2D eigenvalue weighted by Crippen LogP contribution is -2.36. The Morgan fingerprint density at radius 3 is 2.74 bits per heavy atom. The van der Waals surface area contributed by atoms with Gasteiger partial charge in [-0.2, -0.15) is 0 Å². The predicted octanol–water partition coefficient (Wildman–Crippen LogP) is 1.01. The summed E-state index contributed by atoms with van der Waals surface area (Å²) in [4.78, 5) is 23.0. The van der Waals surface area contributed by atoms with E-state index in [0.717, 1.165) is 0 Å². The summed E-state index contributed by atoms with van der Waals surface area (Å²) in [5.74, 6) is -1.46. The maximum Gasteiger partial charge on any atom is 0.313 e. The molecule has 0 aliphatic carbocycles. The standard InChI is InChI=1S/C12H16ClN3O3/c1-19-6-2-5-15-11(17)12(18)16-8-3-4-10(14)9(13)7-8/h3-4,7H,2,5-6,14H2,1H3,(H,15,17)(H,16,18). The van der Waals surface area contributed by atoms with Crippen molar-refractivity contribution in [1.29, 1.82) is 0 Å². The first-order valence-electron chi connectivity index (χ1n) is 5.67. The van der Waals surface area contributed by atoms with Crippen molar-refractivity contribution in [2.24, 2.45) is 0 Å². The first kappa shape index (κ1) is 15.3. The average Bonchev–Trinajstić information content (AvgIpc) is 2.38. The molecule has 19 heavy (non-hydrogen) atoms. The third-order valence-corrected chi connectivity index (χ3v) is 2.60. The van der Waals surface area contributed by atoms with Gasteiger partial charge in [-0.3, -0.25) is 9.59 Å². The number of rotatable bonds is 5. The predicted molar refractivity (Wildman–Crippen MR) is 74.0 cm³/mol. The maximum atomic E-state index is 11.5. The lowest BCUT2D eigenvalue weighted by molar-refractivity contribution is -0.136. The fraction of sp³-hybridized carbons (Fsp3) is 0.333. The van der Waals surface area contributed by atoms with E-state index in [1.165, 1.54) is 6.07 Å². The van der Waals surface area contributed by atoms with Crippen LogP contribution in [0, 0.1) is 0 Å². The number of ether oxygens (including phenoxy) is 1. The SMILES string of the molecule is COCCCNC(=O)C(=O)Nc1ccc(N)c(Cl)c1. The summed E-state index contributed by atoms with van der Waals surface area (Å²) in [5.41, 5.74) is 6.36. The third-order valence-electron chi connectivity index (χ3n) is 2.28. The number of hydrogen-bond acceptors (Lipinski definition) is 4. The number of carbonyl (C=O) groups is 2. The van der Waals surface area contributed by atoms with Crippen molar-refractivity contribution in [1.82, 2.24) is 5.32 Å². The minimum Gasteiger partial charge on any atom is -0.398 e. The molecule has 1 rings (SSSR count). The molecule has 0 atom stereocenters. The number of nitrogens with two attached hydrogens (primary N) is 1. The number of nitrogens with one attached hydrogen (secondary N) is 2. The van der Waals surface area contributed by atoms with E-state index in [1.807, 2.05) is 0 Å². The highest BCUT2D eigenvalue weighted by Crippen LogP contribution is 2.22. The highest BCUT2D eigenvalue weighted by atomic mass is 35.5. The molecule has 4 N–H and O–H groups in total. The Labute approximate surface area is 116 Å². The van der Waals surface area contributed by atoms with E-state index < -0.39 is 11.8 Å². The molecule has 104 valence electrons. The lowest BCUT2D eigenvalue weighted by Gasteiger charge is -2.07. The van der Waals surface area contributed by atoms with Crippen LogP contribution in [-0.4, -0.2) is 32.1 Å². The van der Waals surface area contributed by atoms with Crippen LogP contribution in [0.4, 0.5) is 11.4 Å². The lowest BCUT2D eigenvalue weighted by atomic mass is 10.3. The van der Waals surface area contributed by atoms with Crippen molar-refractivity contribution in [2.45, 2.75) is 6.42 Å². The highest BCUT2D eigenvalue weighted by Gasteiger charge is 2.13. The van der Waals surface area contributed by atoms with Crippen molar-refractivity contribution in [3.8, 4) is 0 Å². The van der Waals surface area contributed by atoms with Crippen molar-refractivity contribution >= 4 is 34.8 Å². The van der Waals surface area contributed by atoms with Crippen LogP contribution in [-0.2, 0) is 14.3 Å². The van der Waals surface area contributed by atoms with Crippen LogP contribution in [0.15, 0.2) is 18.2 Å². The molecule has 0 fully saturated rings. The van der Waals surface area contributed by atoms with Crippen LogP contribution in [0.5, 0.6) is 0 Å². The van der Waals surface area contributed by atoms with Gasteiger partial charge in [0.05, 0.1) is 10.7 Å². The summed E-state index contributed by atoms with van der Waals surface area (Å²) < 4.78 is 4.83. The Balaban J connectivity index is 2.45. The number of amides is 2. The van der Waals surface area contributed by atoms with Crippen LogP contribution in [0.25, 0.3) is 0 Å². The van der Waals surface area contributed by atoms with Gasteiger partial charge in [0.15, 0.2) is 0 Å². The molecule has 6 nitrogen and oxygen atoms in total. The molecule has 0 radical (unpaired) electrons. The van der Waals surface area contributed by atoms with Crippen LogP contribution in [0.2, 0.25) is 5.02 Å². The zero-order valence-corrected chi connectivity index (χ0v) is 11.3. The quantitative estimate of drug-likeness (QED) is 0.428. The largest absolute Gasteiger partial charge is 0.398 e. The molecular formula is C12H16ClN3O3. The Morgan fingerprint density at radius 1 is 1.37 bits per heavy atom. The normalized spacial score (nSPS) is 10.0. The number of benzene rings is 1. The smallest absolute Gasteiger partial charge is 0.313 e. The summed E-state index contributed by atoms with van der Waals surface area (Å²) >= 11 is 5.80. The van der Waals surface area contributed by atoms with Gasteiger partial charge in [-0.05, 0) is 24.6 Å². The first-order valence-corrected chi connectivity index (χ1v) is 6.05. The van der Waals surface area contributed by atoms with Gasteiger partial charge in [-0.1, -0.05) is 11.6 Å². The minimum absolute atomic E-state index is 0.318. The molecule has 1 aromatic rings. The summed E-state index contributed by atoms with van der Waals surface area (Å²) in [7, 11) is 1.57. The monoisotopic (exact) mass is 285 g/mol.